The average Bonchev–Trinajstić information content (AvgIpc) is 2.61. The van der Waals surface area contributed by atoms with Crippen molar-refractivity contribution < 1.29 is 29.4 Å². The Morgan fingerprint density at radius 3 is 2.48 bits per heavy atom. The normalized spacial score (nSPS) is 12.2. The number of aliphatic carboxylic acids is 1. The molecule has 2 N–H and O–H groups in total. The predicted octanol–water partition coefficient (Wildman–Crippen LogP) is 2.08. The number of carbonyl (C=O) groups is 2. The van der Waals surface area contributed by atoms with E-state index >= 15 is 0 Å². The Balaban J connectivity index is 2.43. The van der Waals surface area contributed by atoms with Crippen LogP contribution in [0.15, 0.2) is 36.4 Å². The molecule has 2 aromatic carbocycles. The van der Waals surface area contributed by atoms with Crippen LogP contribution in [0.4, 0.5) is 0 Å². The summed E-state index contributed by atoms with van der Waals surface area (Å²) in [6, 6.07) is 9.45. The van der Waals surface area contributed by atoms with E-state index in [0.717, 1.165) is 10.4 Å². The van der Waals surface area contributed by atoms with Crippen LogP contribution < -0.4 is 4.74 Å². The lowest BCUT2D eigenvalue weighted by Gasteiger charge is -2.25. The van der Waals surface area contributed by atoms with Gasteiger partial charge in [-0.15, -0.1) is 5.06 Å². The molecular formula is C18H21NO6. The van der Waals surface area contributed by atoms with Crippen molar-refractivity contribution in [2.24, 2.45) is 0 Å². The second kappa shape index (κ2) is 8.46. The van der Waals surface area contributed by atoms with E-state index in [1.54, 1.807) is 32.0 Å². The highest BCUT2D eigenvalue weighted by Crippen LogP contribution is 2.29. The van der Waals surface area contributed by atoms with Gasteiger partial charge in [0.2, 0.25) is 0 Å². The summed E-state index contributed by atoms with van der Waals surface area (Å²) in [7, 11) is 0. The minimum atomic E-state index is -1.33. The molecule has 7 heteroatoms. The van der Waals surface area contributed by atoms with Crippen LogP contribution in [0.5, 0.6) is 5.75 Å². The molecule has 1 atom stereocenters. The van der Waals surface area contributed by atoms with Crippen molar-refractivity contribution in [2.75, 3.05) is 19.8 Å². The number of rotatable bonds is 8. The third kappa shape index (κ3) is 4.07. The van der Waals surface area contributed by atoms with Gasteiger partial charge in [-0.2, -0.15) is 0 Å². The van der Waals surface area contributed by atoms with Crippen LogP contribution in [0, 0.1) is 0 Å². The fourth-order valence-corrected chi connectivity index (χ4v) is 2.53. The first-order valence-electron chi connectivity index (χ1n) is 8.00. The molecule has 0 fully saturated rings. The molecule has 0 aromatic heterocycles. The van der Waals surface area contributed by atoms with Crippen LogP contribution in [0.2, 0.25) is 0 Å². The Bertz CT molecular complexity index is 760. The summed E-state index contributed by atoms with van der Waals surface area (Å²) in [5.41, 5.74) is 0.223. The number of benzene rings is 2. The van der Waals surface area contributed by atoms with E-state index in [2.05, 4.69) is 0 Å². The van der Waals surface area contributed by atoms with Crippen LogP contribution >= 0.6 is 0 Å². The van der Waals surface area contributed by atoms with Gasteiger partial charge >= 0.3 is 11.9 Å². The molecule has 2 rings (SSSR count). The smallest absolute Gasteiger partial charge is 0.361 e. The number of hydrogen-bond donors (Lipinski definition) is 2. The molecule has 0 radical (unpaired) electrons. The highest BCUT2D eigenvalue weighted by Gasteiger charge is 2.29. The second-order valence-corrected chi connectivity index (χ2v) is 5.24. The van der Waals surface area contributed by atoms with Crippen molar-refractivity contribution in [1.82, 2.24) is 5.06 Å². The van der Waals surface area contributed by atoms with Gasteiger partial charge in [0.25, 0.3) is 0 Å². The molecule has 0 unspecified atom stereocenters. The molecule has 7 nitrogen and oxygen atoms in total. The van der Waals surface area contributed by atoms with E-state index in [4.69, 9.17) is 14.7 Å². The van der Waals surface area contributed by atoms with E-state index < -0.39 is 24.6 Å². The van der Waals surface area contributed by atoms with Crippen LogP contribution in [-0.2, 0) is 9.63 Å². The summed E-state index contributed by atoms with van der Waals surface area (Å²) in [5.74, 6) is -1.65. The maximum Gasteiger partial charge on any atom is 0.361 e. The van der Waals surface area contributed by atoms with Crippen LogP contribution in [0.3, 0.4) is 0 Å². The summed E-state index contributed by atoms with van der Waals surface area (Å²) in [6.07, 6.45) is 0. The second-order valence-electron chi connectivity index (χ2n) is 5.24. The van der Waals surface area contributed by atoms with E-state index in [1.807, 2.05) is 18.2 Å². The Labute approximate surface area is 145 Å². The molecule has 2 aromatic rings. The number of likely N-dealkylation sites (N-methyl/N-ethyl adjacent to an activating group) is 1. The lowest BCUT2D eigenvalue weighted by atomic mass is 10.0. The molecule has 0 bridgehead atoms. The Hall–Kier alpha value is -2.64. The zero-order chi connectivity index (χ0) is 18.4. The molecule has 0 aliphatic heterocycles. The molecule has 0 spiro atoms. The number of hydroxylamine groups is 2. The standard InChI is InChI=1S/C18H21NO6/c1-3-19(14(11-20)17(21)22)25-18(23)16-13-8-6-5-7-12(13)9-10-15(16)24-4-2/h5-10,14,20H,3-4,11H2,1-2H3,(H,21,22)/t14-/m0/s1. The Morgan fingerprint density at radius 2 is 1.88 bits per heavy atom. The number of aliphatic hydroxyl groups excluding tert-OH is 1. The maximum absolute atomic E-state index is 12.7. The molecule has 0 saturated heterocycles. The van der Waals surface area contributed by atoms with Gasteiger partial charge in [0.15, 0.2) is 6.04 Å². The van der Waals surface area contributed by atoms with E-state index in [-0.39, 0.29) is 12.1 Å². The van der Waals surface area contributed by atoms with E-state index in [1.165, 1.54) is 0 Å². The monoisotopic (exact) mass is 347 g/mol. The summed E-state index contributed by atoms with van der Waals surface area (Å²) in [5, 5.41) is 20.8. The quantitative estimate of drug-likeness (QED) is 0.706. The lowest BCUT2D eigenvalue weighted by molar-refractivity contribution is -0.175. The van der Waals surface area contributed by atoms with Crippen molar-refractivity contribution in [3.8, 4) is 5.75 Å². The number of hydrogen-bond acceptors (Lipinski definition) is 6. The third-order valence-corrected chi connectivity index (χ3v) is 3.71. The van der Waals surface area contributed by atoms with Gasteiger partial charge in [-0.25, -0.2) is 4.79 Å². The number of carbonyl (C=O) groups excluding carboxylic acids is 1. The van der Waals surface area contributed by atoms with Crippen molar-refractivity contribution >= 4 is 22.7 Å². The van der Waals surface area contributed by atoms with E-state index in [0.29, 0.717) is 17.7 Å². The van der Waals surface area contributed by atoms with Crippen LogP contribution in [0.25, 0.3) is 10.8 Å². The summed E-state index contributed by atoms with van der Waals surface area (Å²) in [4.78, 5) is 29.2. The SMILES string of the molecule is CCOc1ccc2ccccc2c1C(=O)ON(CC)[C@@H](CO)C(=O)O. The minimum Gasteiger partial charge on any atom is -0.493 e. The number of carboxylic acid groups (broad SMARTS) is 1. The zero-order valence-electron chi connectivity index (χ0n) is 14.1. The highest BCUT2D eigenvalue weighted by atomic mass is 16.7. The van der Waals surface area contributed by atoms with Crippen molar-refractivity contribution in [2.45, 2.75) is 19.9 Å². The molecule has 0 aliphatic rings. The van der Waals surface area contributed by atoms with Crippen molar-refractivity contribution in [3.63, 3.8) is 0 Å². The summed E-state index contributed by atoms with van der Waals surface area (Å²) < 4.78 is 5.53. The molecule has 0 heterocycles. The van der Waals surface area contributed by atoms with Crippen LogP contribution in [-0.4, -0.2) is 53.0 Å². The lowest BCUT2D eigenvalue weighted by Crippen LogP contribution is -2.44. The number of carboxylic acids is 1. The first kappa shape index (κ1) is 18.7. The van der Waals surface area contributed by atoms with Gasteiger partial charge < -0.3 is 19.8 Å². The average molecular weight is 347 g/mol. The van der Waals surface area contributed by atoms with Gasteiger partial charge in [0.1, 0.15) is 11.3 Å². The Morgan fingerprint density at radius 1 is 1.16 bits per heavy atom. The van der Waals surface area contributed by atoms with Crippen molar-refractivity contribution in [3.05, 3.63) is 42.0 Å². The predicted molar refractivity (Wildman–Crippen MR) is 91.4 cm³/mol. The van der Waals surface area contributed by atoms with Gasteiger partial charge in [-0.3, -0.25) is 4.79 Å². The van der Waals surface area contributed by atoms with Gasteiger partial charge in [-0.1, -0.05) is 30.3 Å². The first-order valence-corrected chi connectivity index (χ1v) is 8.00. The first-order chi connectivity index (χ1) is 12.0. The largest absolute Gasteiger partial charge is 0.493 e. The number of fused-ring (bicyclic) bond motifs is 1. The molecule has 0 amide bonds. The topological polar surface area (TPSA) is 96.3 Å². The minimum absolute atomic E-state index is 0.109. The molecule has 25 heavy (non-hydrogen) atoms. The fraction of sp³-hybridized carbons (Fsp3) is 0.333. The molecule has 134 valence electrons. The maximum atomic E-state index is 12.7. The van der Waals surface area contributed by atoms with Crippen LogP contribution in [0.1, 0.15) is 24.2 Å². The highest BCUT2D eigenvalue weighted by molar-refractivity contribution is 6.07. The summed E-state index contributed by atoms with van der Waals surface area (Å²) in [6.45, 7) is 3.23. The van der Waals surface area contributed by atoms with Crippen molar-refractivity contribution in [1.29, 1.82) is 0 Å². The van der Waals surface area contributed by atoms with Gasteiger partial charge in [-0.05, 0) is 25.3 Å². The molecular weight excluding hydrogens is 326 g/mol. The van der Waals surface area contributed by atoms with Gasteiger partial charge in [0, 0.05) is 11.9 Å². The molecule has 0 aliphatic carbocycles. The van der Waals surface area contributed by atoms with E-state index in [9.17, 15) is 14.7 Å². The van der Waals surface area contributed by atoms with Gasteiger partial charge in [0.05, 0.1) is 13.2 Å². The molecule has 0 saturated carbocycles. The fourth-order valence-electron chi connectivity index (χ4n) is 2.53. The number of aliphatic hydroxyl groups is 1. The number of ether oxygens (including phenoxy) is 1. The summed E-state index contributed by atoms with van der Waals surface area (Å²) >= 11 is 0. The Kier molecular flexibility index (Phi) is 6.32. The third-order valence-electron chi connectivity index (χ3n) is 3.71. The zero-order valence-corrected chi connectivity index (χ0v) is 14.1. The number of nitrogens with zero attached hydrogens (tertiary/aromatic N) is 1.